The fourth-order valence-electron chi connectivity index (χ4n) is 4.08. The minimum absolute atomic E-state index is 0.152. The van der Waals surface area contributed by atoms with Gasteiger partial charge in [0.15, 0.2) is 0 Å². The standard InChI is InChI=1S/C25H26BNO/c26-24-14-8-7-13-22(24)17-23(21-11-5-2-6-12-21)25-19-27(15-16-28-25)18-20-9-3-1-4-10-20/h1-14,23,25H,15-19H2/t23?,25-/m0/s1. The van der Waals surface area contributed by atoms with Gasteiger partial charge in [-0.05, 0) is 17.5 Å². The molecular weight excluding hydrogens is 341 g/mol. The summed E-state index contributed by atoms with van der Waals surface area (Å²) in [7, 11) is 6.25. The van der Waals surface area contributed by atoms with E-state index in [1.807, 2.05) is 12.1 Å². The van der Waals surface area contributed by atoms with Gasteiger partial charge in [0.2, 0.25) is 0 Å². The van der Waals surface area contributed by atoms with E-state index < -0.39 is 0 Å². The average Bonchev–Trinajstić information content (AvgIpc) is 2.75. The average molecular weight is 367 g/mol. The molecule has 0 spiro atoms. The number of hydrogen-bond donors (Lipinski definition) is 0. The van der Waals surface area contributed by atoms with Crippen LogP contribution in [-0.4, -0.2) is 38.5 Å². The molecule has 0 aromatic heterocycles. The van der Waals surface area contributed by atoms with E-state index in [-0.39, 0.29) is 12.0 Å². The van der Waals surface area contributed by atoms with Crippen LogP contribution in [0.25, 0.3) is 0 Å². The Balaban J connectivity index is 1.54. The molecule has 1 fully saturated rings. The number of rotatable bonds is 6. The second-order valence-electron chi connectivity index (χ2n) is 7.55. The van der Waals surface area contributed by atoms with E-state index in [2.05, 4.69) is 77.7 Å². The Morgan fingerprint density at radius 2 is 1.57 bits per heavy atom. The monoisotopic (exact) mass is 367 g/mol. The number of hydrogen-bond acceptors (Lipinski definition) is 2. The summed E-state index contributed by atoms with van der Waals surface area (Å²) < 4.78 is 6.29. The van der Waals surface area contributed by atoms with Crippen LogP contribution in [0.1, 0.15) is 22.6 Å². The molecule has 28 heavy (non-hydrogen) atoms. The maximum absolute atomic E-state index is 6.29. The van der Waals surface area contributed by atoms with Crippen molar-refractivity contribution in [2.75, 3.05) is 19.7 Å². The lowest BCUT2D eigenvalue weighted by Crippen LogP contribution is -2.45. The van der Waals surface area contributed by atoms with Gasteiger partial charge in [-0.2, -0.15) is 0 Å². The van der Waals surface area contributed by atoms with Crippen molar-refractivity contribution in [2.45, 2.75) is 25.0 Å². The molecule has 3 aromatic carbocycles. The molecule has 3 aromatic rings. The van der Waals surface area contributed by atoms with Gasteiger partial charge in [0.1, 0.15) is 7.85 Å². The van der Waals surface area contributed by atoms with Gasteiger partial charge in [-0.25, -0.2) is 0 Å². The largest absolute Gasteiger partial charge is 0.375 e. The quantitative estimate of drug-likeness (QED) is 0.616. The van der Waals surface area contributed by atoms with Crippen molar-refractivity contribution in [3.05, 3.63) is 102 Å². The Kier molecular flexibility index (Phi) is 6.25. The van der Waals surface area contributed by atoms with Gasteiger partial charge in [-0.3, -0.25) is 4.90 Å². The minimum atomic E-state index is 0.152. The molecule has 1 aliphatic heterocycles. The molecule has 2 radical (unpaired) electrons. The van der Waals surface area contributed by atoms with E-state index >= 15 is 0 Å². The van der Waals surface area contributed by atoms with E-state index in [9.17, 15) is 0 Å². The number of morpholine rings is 1. The third-order valence-electron chi connectivity index (χ3n) is 5.60. The summed E-state index contributed by atoms with van der Waals surface area (Å²) in [4.78, 5) is 2.51. The molecule has 140 valence electrons. The van der Waals surface area contributed by atoms with Crippen LogP contribution in [-0.2, 0) is 17.7 Å². The van der Waals surface area contributed by atoms with Crippen LogP contribution in [0.4, 0.5) is 0 Å². The first-order valence-corrected chi connectivity index (χ1v) is 10.1. The maximum Gasteiger partial charge on any atom is 0.114 e. The van der Waals surface area contributed by atoms with Crippen LogP contribution >= 0.6 is 0 Å². The molecular formula is C25H26BNO. The molecule has 3 heteroatoms. The van der Waals surface area contributed by atoms with Crippen LogP contribution in [0.5, 0.6) is 0 Å². The molecule has 2 nitrogen and oxygen atoms in total. The predicted octanol–water partition coefficient (Wildman–Crippen LogP) is 3.71. The first-order valence-electron chi connectivity index (χ1n) is 10.1. The molecule has 1 unspecified atom stereocenters. The lowest BCUT2D eigenvalue weighted by Gasteiger charge is -2.37. The Morgan fingerprint density at radius 1 is 0.893 bits per heavy atom. The van der Waals surface area contributed by atoms with Crippen LogP contribution in [0.2, 0.25) is 0 Å². The minimum Gasteiger partial charge on any atom is -0.375 e. The summed E-state index contributed by atoms with van der Waals surface area (Å²) in [6.07, 6.45) is 1.04. The second-order valence-corrected chi connectivity index (χ2v) is 7.55. The zero-order valence-electron chi connectivity index (χ0n) is 16.2. The van der Waals surface area contributed by atoms with E-state index in [1.165, 1.54) is 16.7 Å². The molecule has 1 heterocycles. The molecule has 0 aliphatic carbocycles. The lowest BCUT2D eigenvalue weighted by molar-refractivity contribution is -0.0444. The van der Waals surface area contributed by atoms with Gasteiger partial charge in [-0.1, -0.05) is 96.0 Å². The highest BCUT2D eigenvalue weighted by Crippen LogP contribution is 2.28. The Labute approximate surface area is 169 Å². The first-order chi connectivity index (χ1) is 13.8. The Morgan fingerprint density at radius 3 is 2.32 bits per heavy atom. The summed E-state index contributed by atoms with van der Waals surface area (Å²) >= 11 is 0. The second kappa shape index (κ2) is 9.23. The highest BCUT2D eigenvalue weighted by molar-refractivity contribution is 6.33. The van der Waals surface area contributed by atoms with Crippen molar-refractivity contribution in [1.82, 2.24) is 4.90 Å². The summed E-state index contributed by atoms with van der Waals surface area (Å²) in [5.41, 5.74) is 4.73. The van der Waals surface area contributed by atoms with Gasteiger partial charge in [0, 0.05) is 25.6 Å². The summed E-state index contributed by atoms with van der Waals surface area (Å²) in [5, 5.41) is 0. The number of nitrogens with zero attached hydrogens (tertiary/aromatic N) is 1. The molecule has 1 aliphatic rings. The summed E-state index contributed by atoms with van der Waals surface area (Å²) in [5.74, 6) is 0.282. The zero-order valence-corrected chi connectivity index (χ0v) is 16.2. The molecule has 0 bridgehead atoms. The van der Waals surface area contributed by atoms with E-state index in [1.54, 1.807) is 0 Å². The van der Waals surface area contributed by atoms with Crippen LogP contribution < -0.4 is 5.46 Å². The van der Waals surface area contributed by atoms with Crippen molar-refractivity contribution in [2.24, 2.45) is 0 Å². The highest BCUT2D eigenvalue weighted by Gasteiger charge is 2.29. The molecule has 0 saturated carbocycles. The van der Waals surface area contributed by atoms with Crippen molar-refractivity contribution in [3.8, 4) is 0 Å². The molecule has 4 rings (SSSR count). The van der Waals surface area contributed by atoms with Crippen molar-refractivity contribution < 1.29 is 4.74 Å². The fourth-order valence-corrected chi connectivity index (χ4v) is 4.08. The fraction of sp³-hybridized carbons (Fsp3) is 0.280. The van der Waals surface area contributed by atoms with Crippen LogP contribution in [0.3, 0.4) is 0 Å². The number of ether oxygens (including phenoxy) is 1. The Hall–Kier alpha value is -2.36. The summed E-state index contributed by atoms with van der Waals surface area (Å²) in [6, 6.07) is 29.6. The molecule has 0 N–H and O–H groups in total. The highest BCUT2D eigenvalue weighted by atomic mass is 16.5. The third-order valence-corrected chi connectivity index (χ3v) is 5.60. The molecule has 1 saturated heterocycles. The SMILES string of the molecule is [B]c1ccccc1CC(c1ccccc1)[C@@H]1CN(Cc2ccccc2)CCO1. The van der Waals surface area contributed by atoms with Crippen LogP contribution in [0, 0.1) is 0 Å². The van der Waals surface area contributed by atoms with Crippen molar-refractivity contribution in [1.29, 1.82) is 0 Å². The van der Waals surface area contributed by atoms with Gasteiger partial charge < -0.3 is 4.74 Å². The lowest BCUT2D eigenvalue weighted by atomic mass is 9.81. The van der Waals surface area contributed by atoms with Crippen molar-refractivity contribution in [3.63, 3.8) is 0 Å². The smallest absolute Gasteiger partial charge is 0.114 e. The van der Waals surface area contributed by atoms with Gasteiger partial charge in [-0.15, -0.1) is 0 Å². The third kappa shape index (κ3) is 4.73. The maximum atomic E-state index is 6.29. The van der Waals surface area contributed by atoms with Crippen LogP contribution in [0.15, 0.2) is 84.9 Å². The normalized spacial score (nSPS) is 18.6. The topological polar surface area (TPSA) is 12.5 Å². The zero-order chi connectivity index (χ0) is 19.2. The van der Waals surface area contributed by atoms with Gasteiger partial charge in [0.05, 0.1) is 12.7 Å². The Bertz CT molecular complexity index is 868. The predicted molar refractivity (Wildman–Crippen MR) is 116 cm³/mol. The van der Waals surface area contributed by atoms with Crippen molar-refractivity contribution >= 4 is 13.3 Å². The molecule has 2 atom stereocenters. The number of benzene rings is 3. The first kappa shape index (κ1) is 19.0. The summed E-state index contributed by atoms with van der Waals surface area (Å²) in [6.45, 7) is 3.64. The van der Waals surface area contributed by atoms with E-state index in [0.29, 0.717) is 0 Å². The molecule has 0 amide bonds. The van der Waals surface area contributed by atoms with Gasteiger partial charge in [0.25, 0.3) is 0 Å². The van der Waals surface area contributed by atoms with Gasteiger partial charge >= 0.3 is 0 Å². The van der Waals surface area contributed by atoms with E-state index in [4.69, 9.17) is 12.6 Å². The van der Waals surface area contributed by atoms with E-state index in [0.717, 1.165) is 38.1 Å².